The van der Waals surface area contributed by atoms with Crippen LogP contribution >= 0.6 is 0 Å². The van der Waals surface area contributed by atoms with Crippen molar-refractivity contribution in [2.45, 2.75) is 18.9 Å². The predicted octanol–water partition coefficient (Wildman–Crippen LogP) is -0.707. The quantitative estimate of drug-likeness (QED) is 0.525. The van der Waals surface area contributed by atoms with E-state index in [1.807, 2.05) is 0 Å². The van der Waals surface area contributed by atoms with Gasteiger partial charge in [-0.05, 0) is 0 Å². The molecule has 1 heterocycles. The fraction of sp³-hybridized carbons (Fsp3) is 0.636. The molecule has 1 saturated heterocycles. The largest absolute Gasteiger partial charge is 0.481 e. The molecule has 0 spiro atoms. The van der Waals surface area contributed by atoms with Crippen LogP contribution in [0.3, 0.4) is 0 Å². The van der Waals surface area contributed by atoms with Crippen molar-refractivity contribution < 1.29 is 23.1 Å². The second kappa shape index (κ2) is 6.43. The van der Waals surface area contributed by atoms with Crippen LogP contribution in [0.15, 0.2) is 0 Å². The van der Waals surface area contributed by atoms with Crippen LogP contribution in [0.1, 0.15) is 12.8 Å². The Bertz CT molecular complexity index is 494. The lowest BCUT2D eigenvalue weighted by Crippen LogP contribution is -2.55. The minimum Gasteiger partial charge on any atom is -0.481 e. The Kier molecular flexibility index (Phi) is 5.18. The first-order valence-corrected chi connectivity index (χ1v) is 7.58. The van der Waals surface area contributed by atoms with Gasteiger partial charge in [0.25, 0.3) is 0 Å². The molecule has 0 radical (unpaired) electrons. The van der Waals surface area contributed by atoms with Gasteiger partial charge in [-0.1, -0.05) is 0 Å². The van der Waals surface area contributed by atoms with E-state index in [-0.39, 0.29) is 31.0 Å². The zero-order chi connectivity index (χ0) is 14.5. The van der Waals surface area contributed by atoms with E-state index in [9.17, 15) is 18.0 Å². The maximum Gasteiger partial charge on any atom is 0.317 e. The number of hydrogen-bond acceptors (Lipinski definition) is 4. The molecule has 1 unspecified atom stereocenters. The molecule has 1 fully saturated rings. The summed E-state index contributed by atoms with van der Waals surface area (Å²) in [5.74, 6) is 0.759. The Morgan fingerprint density at radius 2 is 2.16 bits per heavy atom. The normalized spacial score (nSPS) is 21.4. The number of carbonyl (C=O) groups excluding carboxylic acids is 1. The summed E-state index contributed by atoms with van der Waals surface area (Å²) in [4.78, 5) is 23.8. The van der Waals surface area contributed by atoms with E-state index in [1.54, 1.807) is 0 Å². The van der Waals surface area contributed by atoms with Crippen LogP contribution in [0.5, 0.6) is 0 Å². The highest BCUT2D eigenvalue weighted by Gasteiger charge is 2.35. The first-order chi connectivity index (χ1) is 8.85. The Morgan fingerprint density at radius 1 is 1.47 bits per heavy atom. The van der Waals surface area contributed by atoms with Gasteiger partial charge >= 0.3 is 12.0 Å². The summed E-state index contributed by atoms with van der Waals surface area (Å²) in [5, 5.41) is 11.3. The van der Waals surface area contributed by atoms with Crippen molar-refractivity contribution in [3.63, 3.8) is 0 Å². The van der Waals surface area contributed by atoms with E-state index in [4.69, 9.17) is 11.5 Å². The van der Waals surface area contributed by atoms with Crippen LogP contribution in [0.2, 0.25) is 0 Å². The molecular formula is C11H16N2O5S. The second-order valence-corrected chi connectivity index (χ2v) is 6.47. The third-order valence-corrected chi connectivity index (χ3v) is 4.44. The van der Waals surface area contributed by atoms with Crippen molar-refractivity contribution >= 4 is 21.8 Å². The van der Waals surface area contributed by atoms with Gasteiger partial charge in [0, 0.05) is 19.5 Å². The predicted molar refractivity (Wildman–Crippen MR) is 68.2 cm³/mol. The number of hydrogen-bond donors (Lipinski definition) is 2. The highest BCUT2D eigenvalue weighted by atomic mass is 32.2. The minimum atomic E-state index is -3.29. The fourth-order valence-corrected chi connectivity index (χ4v) is 3.39. The molecule has 2 N–H and O–H groups in total. The van der Waals surface area contributed by atoms with Crippen LogP contribution < -0.4 is 5.32 Å². The van der Waals surface area contributed by atoms with Crippen LogP contribution in [0, 0.1) is 12.3 Å². The van der Waals surface area contributed by atoms with Crippen molar-refractivity contribution in [2.24, 2.45) is 0 Å². The standard InChI is InChI=1S/C11H16N2O5S/c1-2-3-4-12-11(16)13-5-6-19(17,18)8-9(13)7-10(14)15/h1,9H,3-8H2,(H,12,16)(H,14,15). The second-order valence-electron chi connectivity index (χ2n) is 4.25. The minimum absolute atomic E-state index is 0.00215. The lowest BCUT2D eigenvalue weighted by molar-refractivity contribution is -0.138. The summed E-state index contributed by atoms with van der Waals surface area (Å²) < 4.78 is 23.0. The van der Waals surface area contributed by atoms with E-state index in [0.29, 0.717) is 6.42 Å². The number of sulfone groups is 1. The summed E-state index contributed by atoms with van der Waals surface area (Å²) in [5.41, 5.74) is 0. The van der Waals surface area contributed by atoms with Gasteiger partial charge in [-0.2, -0.15) is 0 Å². The zero-order valence-corrected chi connectivity index (χ0v) is 11.1. The van der Waals surface area contributed by atoms with Gasteiger partial charge in [-0.15, -0.1) is 12.3 Å². The molecule has 1 atom stereocenters. The van der Waals surface area contributed by atoms with Crippen LogP contribution in [-0.4, -0.2) is 61.1 Å². The molecule has 1 rings (SSSR count). The fourth-order valence-electron chi connectivity index (χ4n) is 1.87. The van der Waals surface area contributed by atoms with Crippen molar-refractivity contribution in [3.05, 3.63) is 0 Å². The number of terminal acetylenes is 1. The average molecular weight is 288 g/mol. The Balaban J connectivity index is 2.71. The molecule has 0 aromatic heterocycles. The first-order valence-electron chi connectivity index (χ1n) is 5.76. The van der Waals surface area contributed by atoms with Gasteiger partial charge in [0.1, 0.15) is 0 Å². The molecule has 1 aliphatic heterocycles. The molecular weight excluding hydrogens is 272 g/mol. The number of carboxylic acids is 1. The molecule has 1 aliphatic rings. The van der Waals surface area contributed by atoms with Gasteiger partial charge in [0.15, 0.2) is 9.84 Å². The van der Waals surface area contributed by atoms with Crippen molar-refractivity contribution in [1.29, 1.82) is 0 Å². The first kappa shape index (κ1) is 15.3. The van der Waals surface area contributed by atoms with E-state index in [2.05, 4.69) is 11.2 Å². The van der Waals surface area contributed by atoms with E-state index >= 15 is 0 Å². The summed E-state index contributed by atoms with van der Waals surface area (Å²) in [6, 6.07) is -1.31. The maximum absolute atomic E-state index is 11.8. The van der Waals surface area contributed by atoms with Crippen molar-refractivity contribution in [2.75, 3.05) is 24.6 Å². The van der Waals surface area contributed by atoms with Crippen LogP contribution in [-0.2, 0) is 14.6 Å². The molecule has 0 saturated carbocycles. The number of carboxylic acid groups (broad SMARTS) is 1. The molecule has 0 bridgehead atoms. The van der Waals surface area contributed by atoms with Crippen LogP contribution in [0.4, 0.5) is 4.79 Å². The highest BCUT2D eigenvalue weighted by Crippen LogP contribution is 2.15. The molecule has 7 nitrogen and oxygen atoms in total. The molecule has 0 aliphatic carbocycles. The Morgan fingerprint density at radius 3 is 2.74 bits per heavy atom. The monoisotopic (exact) mass is 288 g/mol. The third kappa shape index (κ3) is 4.79. The number of amides is 2. The van der Waals surface area contributed by atoms with Crippen molar-refractivity contribution in [1.82, 2.24) is 10.2 Å². The lowest BCUT2D eigenvalue weighted by atomic mass is 10.2. The van der Waals surface area contributed by atoms with Gasteiger partial charge in [-0.3, -0.25) is 4.79 Å². The summed E-state index contributed by atoms with van der Waals surface area (Å²) in [6.07, 6.45) is 5.03. The maximum atomic E-state index is 11.8. The number of nitrogens with one attached hydrogen (secondary N) is 1. The summed E-state index contributed by atoms with van der Waals surface area (Å²) >= 11 is 0. The topological polar surface area (TPSA) is 104 Å². The molecule has 0 aromatic rings. The summed E-state index contributed by atoms with van der Waals surface area (Å²) in [7, 11) is -3.29. The van der Waals surface area contributed by atoms with Gasteiger partial charge < -0.3 is 15.3 Å². The molecule has 2 amide bonds. The van der Waals surface area contributed by atoms with E-state index in [1.165, 1.54) is 4.90 Å². The summed E-state index contributed by atoms with van der Waals surface area (Å²) in [6.45, 7) is 0.278. The Labute approximate surface area is 111 Å². The van der Waals surface area contributed by atoms with Gasteiger partial charge in [0.05, 0.1) is 24.0 Å². The van der Waals surface area contributed by atoms with Gasteiger partial charge in [-0.25, -0.2) is 13.2 Å². The Hall–Kier alpha value is -1.75. The third-order valence-electron chi connectivity index (χ3n) is 2.75. The van der Waals surface area contributed by atoms with E-state index < -0.39 is 27.9 Å². The molecule has 19 heavy (non-hydrogen) atoms. The SMILES string of the molecule is C#CCCNC(=O)N1CCS(=O)(=O)CC1CC(=O)O. The number of nitrogens with zero attached hydrogens (tertiary/aromatic N) is 1. The molecule has 106 valence electrons. The van der Waals surface area contributed by atoms with Crippen molar-refractivity contribution in [3.8, 4) is 12.3 Å². The highest BCUT2D eigenvalue weighted by molar-refractivity contribution is 7.91. The molecule has 8 heteroatoms. The van der Waals surface area contributed by atoms with Gasteiger partial charge in [0.2, 0.25) is 0 Å². The van der Waals surface area contributed by atoms with E-state index in [0.717, 1.165) is 0 Å². The van der Waals surface area contributed by atoms with Crippen LogP contribution in [0.25, 0.3) is 0 Å². The number of carbonyl (C=O) groups is 2. The number of rotatable bonds is 4. The zero-order valence-electron chi connectivity index (χ0n) is 10.3. The smallest absolute Gasteiger partial charge is 0.317 e. The number of urea groups is 1. The number of aliphatic carboxylic acids is 1. The molecule has 0 aromatic carbocycles. The average Bonchev–Trinajstić information content (AvgIpc) is 2.27. The lowest BCUT2D eigenvalue weighted by Gasteiger charge is -2.34.